The van der Waals surface area contributed by atoms with Crippen molar-refractivity contribution in [3.8, 4) is 11.1 Å². The van der Waals surface area contributed by atoms with Gasteiger partial charge in [0.25, 0.3) is 0 Å². The first-order chi connectivity index (χ1) is 7.81. The second-order valence-electron chi connectivity index (χ2n) is 3.96. The van der Waals surface area contributed by atoms with E-state index in [1.165, 1.54) is 22.3 Å². The fourth-order valence-electron chi connectivity index (χ4n) is 1.86. The molecule has 0 heteroatoms. The SMILES string of the molecule is C/C=C/c1ccc(C)cc1-c1ccccc1. The van der Waals surface area contributed by atoms with Gasteiger partial charge in [-0.15, -0.1) is 0 Å². The predicted molar refractivity (Wildman–Crippen MR) is 71.3 cm³/mol. The Morgan fingerprint density at radius 3 is 2.38 bits per heavy atom. The van der Waals surface area contributed by atoms with E-state index < -0.39 is 0 Å². The van der Waals surface area contributed by atoms with Gasteiger partial charge in [-0.2, -0.15) is 0 Å². The molecule has 0 saturated carbocycles. The van der Waals surface area contributed by atoms with Crippen LogP contribution in [0.25, 0.3) is 17.2 Å². The average molecular weight is 208 g/mol. The van der Waals surface area contributed by atoms with Gasteiger partial charge in [-0.25, -0.2) is 0 Å². The largest absolute Gasteiger partial charge is 0.0870 e. The Balaban J connectivity index is 2.58. The monoisotopic (exact) mass is 208 g/mol. The maximum Gasteiger partial charge on any atom is -0.0109 e. The van der Waals surface area contributed by atoms with E-state index >= 15 is 0 Å². The Morgan fingerprint density at radius 2 is 1.69 bits per heavy atom. The zero-order valence-electron chi connectivity index (χ0n) is 9.77. The molecular formula is C16H16. The van der Waals surface area contributed by atoms with Crippen molar-refractivity contribution in [2.75, 3.05) is 0 Å². The molecule has 0 aromatic heterocycles. The summed E-state index contributed by atoms with van der Waals surface area (Å²) in [4.78, 5) is 0. The first-order valence-corrected chi connectivity index (χ1v) is 5.60. The fourth-order valence-corrected chi connectivity index (χ4v) is 1.86. The molecule has 80 valence electrons. The van der Waals surface area contributed by atoms with Gasteiger partial charge in [0.1, 0.15) is 0 Å². The molecule has 0 spiro atoms. The highest BCUT2D eigenvalue weighted by Gasteiger charge is 2.02. The summed E-state index contributed by atoms with van der Waals surface area (Å²) in [6.45, 7) is 4.18. The Labute approximate surface area is 97.3 Å². The minimum Gasteiger partial charge on any atom is -0.0870 e. The van der Waals surface area contributed by atoms with Crippen LogP contribution in [0.4, 0.5) is 0 Å². The van der Waals surface area contributed by atoms with Crippen LogP contribution in [0.15, 0.2) is 54.6 Å². The zero-order valence-corrected chi connectivity index (χ0v) is 9.77. The molecule has 16 heavy (non-hydrogen) atoms. The highest BCUT2D eigenvalue weighted by atomic mass is 14.1. The molecule has 0 amide bonds. The third-order valence-corrected chi connectivity index (χ3v) is 2.64. The van der Waals surface area contributed by atoms with Crippen molar-refractivity contribution < 1.29 is 0 Å². The third kappa shape index (κ3) is 2.22. The van der Waals surface area contributed by atoms with Crippen LogP contribution in [0, 0.1) is 6.92 Å². The molecule has 0 radical (unpaired) electrons. The number of hydrogen-bond acceptors (Lipinski definition) is 0. The highest BCUT2D eigenvalue weighted by molar-refractivity contribution is 5.75. The first kappa shape index (κ1) is 10.7. The van der Waals surface area contributed by atoms with Gasteiger partial charge in [-0.3, -0.25) is 0 Å². The van der Waals surface area contributed by atoms with Gasteiger partial charge in [-0.05, 0) is 30.5 Å². The van der Waals surface area contributed by atoms with Crippen LogP contribution in [0.5, 0.6) is 0 Å². The third-order valence-electron chi connectivity index (χ3n) is 2.64. The van der Waals surface area contributed by atoms with E-state index in [9.17, 15) is 0 Å². The van der Waals surface area contributed by atoms with E-state index in [1.807, 2.05) is 0 Å². The lowest BCUT2D eigenvalue weighted by molar-refractivity contribution is 1.45. The second-order valence-corrected chi connectivity index (χ2v) is 3.96. The molecule has 0 aliphatic rings. The van der Waals surface area contributed by atoms with Crippen molar-refractivity contribution in [2.45, 2.75) is 13.8 Å². The number of benzene rings is 2. The summed E-state index contributed by atoms with van der Waals surface area (Å²) >= 11 is 0. The Morgan fingerprint density at radius 1 is 0.938 bits per heavy atom. The van der Waals surface area contributed by atoms with Crippen LogP contribution >= 0.6 is 0 Å². The molecule has 0 N–H and O–H groups in total. The Bertz CT molecular complexity index is 493. The summed E-state index contributed by atoms with van der Waals surface area (Å²) in [5, 5.41) is 0. The van der Waals surface area contributed by atoms with Crippen molar-refractivity contribution in [3.05, 3.63) is 65.7 Å². The molecule has 0 heterocycles. The van der Waals surface area contributed by atoms with Gasteiger partial charge in [-0.1, -0.05) is 66.2 Å². The molecule has 0 saturated heterocycles. The summed E-state index contributed by atoms with van der Waals surface area (Å²) < 4.78 is 0. The van der Waals surface area contributed by atoms with Crippen molar-refractivity contribution in [2.24, 2.45) is 0 Å². The summed E-state index contributed by atoms with van der Waals surface area (Å²) in [7, 11) is 0. The van der Waals surface area contributed by atoms with E-state index in [-0.39, 0.29) is 0 Å². The number of allylic oxidation sites excluding steroid dienone is 1. The van der Waals surface area contributed by atoms with Crippen LogP contribution < -0.4 is 0 Å². The molecular weight excluding hydrogens is 192 g/mol. The van der Waals surface area contributed by atoms with Gasteiger partial charge in [0.2, 0.25) is 0 Å². The van der Waals surface area contributed by atoms with Crippen molar-refractivity contribution in [1.82, 2.24) is 0 Å². The fraction of sp³-hybridized carbons (Fsp3) is 0.125. The normalized spacial score (nSPS) is 10.9. The van der Waals surface area contributed by atoms with Gasteiger partial charge in [0, 0.05) is 0 Å². The molecule has 0 aliphatic heterocycles. The van der Waals surface area contributed by atoms with Crippen molar-refractivity contribution >= 4 is 6.08 Å². The van der Waals surface area contributed by atoms with E-state index in [0.29, 0.717) is 0 Å². The van der Waals surface area contributed by atoms with Gasteiger partial charge < -0.3 is 0 Å². The molecule has 0 unspecified atom stereocenters. The molecule has 0 fully saturated rings. The van der Waals surface area contributed by atoms with Crippen LogP contribution in [-0.4, -0.2) is 0 Å². The number of rotatable bonds is 2. The topological polar surface area (TPSA) is 0 Å². The van der Waals surface area contributed by atoms with Gasteiger partial charge in [0.05, 0.1) is 0 Å². The first-order valence-electron chi connectivity index (χ1n) is 5.60. The Kier molecular flexibility index (Phi) is 3.21. The van der Waals surface area contributed by atoms with Gasteiger partial charge in [0.15, 0.2) is 0 Å². The zero-order chi connectivity index (χ0) is 11.4. The maximum atomic E-state index is 2.24. The Hall–Kier alpha value is -1.82. The average Bonchev–Trinajstić information content (AvgIpc) is 2.33. The van der Waals surface area contributed by atoms with E-state index in [1.54, 1.807) is 0 Å². The summed E-state index contributed by atoms with van der Waals surface area (Å²) in [5.74, 6) is 0. The van der Waals surface area contributed by atoms with E-state index in [0.717, 1.165) is 0 Å². The lowest BCUT2D eigenvalue weighted by atomic mass is 9.97. The summed E-state index contributed by atoms with van der Waals surface area (Å²) in [6, 6.07) is 17.1. The molecule has 0 aliphatic carbocycles. The van der Waals surface area contributed by atoms with Crippen LogP contribution in [0.3, 0.4) is 0 Å². The summed E-state index contributed by atoms with van der Waals surface area (Å²) in [5.41, 5.74) is 5.16. The molecule has 2 aromatic carbocycles. The molecule has 0 bridgehead atoms. The smallest absolute Gasteiger partial charge is 0.0109 e. The van der Waals surface area contributed by atoms with E-state index in [4.69, 9.17) is 0 Å². The van der Waals surface area contributed by atoms with Gasteiger partial charge >= 0.3 is 0 Å². The molecule has 2 rings (SSSR count). The van der Waals surface area contributed by atoms with E-state index in [2.05, 4.69) is 74.5 Å². The predicted octanol–water partition coefficient (Wildman–Crippen LogP) is 4.70. The van der Waals surface area contributed by atoms with Crippen LogP contribution in [0.2, 0.25) is 0 Å². The summed E-state index contributed by atoms with van der Waals surface area (Å²) in [6.07, 6.45) is 4.23. The molecule has 0 nitrogen and oxygen atoms in total. The molecule has 2 aromatic rings. The van der Waals surface area contributed by atoms with Crippen molar-refractivity contribution in [3.63, 3.8) is 0 Å². The standard InChI is InChI=1S/C16H16/c1-3-7-14-11-10-13(2)12-16(14)15-8-5-4-6-9-15/h3-12H,1-2H3/b7-3+. The minimum absolute atomic E-state index is 1.28. The lowest BCUT2D eigenvalue weighted by Crippen LogP contribution is -1.84. The van der Waals surface area contributed by atoms with Crippen LogP contribution in [-0.2, 0) is 0 Å². The quantitative estimate of drug-likeness (QED) is 0.671. The maximum absolute atomic E-state index is 2.24. The highest BCUT2D eigenvalue weighted by Crippen LogP contribution is 2.25. The number of hydrogen-bond donors (Lipinski definition) is 0. The number of aryl methyl sites for hydroxylation is 1. The van der Waals surface area contributed by atoms with Crippen molar-refractivity contribution in [1.29, 1.82) is 0 Å². The second kappa shape index (κ2) is 4.80. The molecule has 0 atom stereocenters. The lowest BCUT2D eigenvalue weighted by Gasteiger charge is -2.07. The minimum atomic E-state index is 1.28. The van der Waals surface area contributed by atoms with Crippen LogP contribution in [0.1, 0.15) is 18.1 Å².